The Balaban J connectivity index is 1.77. The minimum Gasteiger partial charge on any atom is -0.403 e. The highest BCUT2D eigenvalue weighted by atomic mass is 16.6. The lowest BCUT2D eigenvalue weighted by Gasteiger charge is -2.04. The predicted octanol–water partition coefficient (Wildman–Crippen LogP) is 4.73. The number of esters is 1. The van der Waals surface area contributed by atoms with Crippen molar-refractivity contribution in [3.63, 3.8) is 0 Å². The Bertz CT molecular complexity index is 970. The molecule has 3 rings (SSSR count). The summed E-state index contributed by atoms with van der Waals surface area (Å²) in [4.78, 5) is 26.5. The normalized spacial score (nSPS) is 15.4. The van der Waals surface area contributed by atoms with Crippen LogP contribution in [0.3, 0.4) is 0 Å². The number of nitro groups is 1. The molecule has 0 amide bonds. The van der Waals surface area contributed by atoms with Crippen molar-refractivity contribution in [3.8, 4) is 0 Å². The first-order valence-corrected chi connectivity index (χ1v) is 8.47. The van der Waals surface area contributed by atoms with Crippen LogP contribution in [-0.4, -0.2) is 16.8 Å². The van der Waals surface area contributed by atoms with Gasteiger partial charge >= 0.3 is 5.97 Å². The van der Waals surface area contributed by atoms with Crippen LogP contribution < -0.4 is 0 Å². The number of nitro benzene ring substituents is 1. The van der Waals surface area contributed by atoms with E-state index < -0.39 is 10.9 Å². The van der Waals surface area contributed by atoms with Gasteiger partial charge in [-0.15, -0.1) is 0 Å². The Morgan fingerprint density at radius 2 is 1.81 bits per heavy atom. The topological polar surface area (TPSA) is 81.8 Å². The molecule has 1 aliphatic heterocycles. The molecule has 0 atom stereocenters. The number of hydrogen-bond donors (Lipinski definition) is 0. The molecule has 6 heteroatoms. The molecule has 1 aliphatic rings. The maximum atomic E-state index is 12.0. The van der Waals surface area contributed by atoms with Crippen molar-refractivity contribution in [1.29, 1.82) is 0 Å². The smallest absolute Gasteiger partial charge is 0.363 e. The highest BCUT2D eigenvalue weighted by Gasteiger charge is 2.21. The molecule has 0 fully saturated rings. The van der Waals surface area contributed by atoms with Gasteiger partial charge in [0.05, 0.1) is 4.92 Å². The zero-order valence-electron chi connectivity index (χ0n) is 15.0. The summed E-state index contributed by atoms with van der Waals surface area (Å²) in [6.07, 6.45) is 4.79. The van der Waals surface area contributed by atoms with Gasteiger partial charge in [0, 0.05) is 18.2 Å². The van der Waals surface area contributed by atoms with E-state index in [4.69, 9.17) is 4.74 Å². The molecule has 6 nitrogen and oxygen atoms in total. The van der Waals surface area contributed by atoms with Gasteiger partial charge in [-0.2, -0.15) is 0 Å². The number of hydrogen-bond acceptors (Lipinski definition) is 5. The standard InChI is InChI=1S/C21H18N2O4/c1-14(2)17-9-6-16(7-10-17)13-19-21(24)27-20(22-19)11-8-15-4-3-5-18(12-15)23(25)26/h3-14H,1-2H3. The second-order valence-corrected chi connectivity index (χ2v) is 6.38. The van der Waals surface area contributed by atoms with Gasteiger partial charge in [0.2, 0.25) is 5.90 Å². The molecule has 0 aromatic heterocycles. The van der Waals surface area contributed by atoms with E-state index in [2.05, 4.69) is 18.8 Å². The number of carbonyl (C=O) groups excluding carboxylic acids is 1. The summed E-state index contributed by atoms with van der Waals surface area (Å²) in [7, 11) is 0. The van der Waals surface area contributed by atoms with Gasteiger partial charge in [-0.25, -0.2) is 9.79 Å². The summed E-state index contributed by atoms with van der Waals surface area (Å²) < 4.78 is 5.13. The van der Waals surface area contributed by atoms with Crippen LogP contribution in [0, 0.1) is 10.1 Å². The Labute approximate surface area is 156 Å². The van der Waals surface area contributed by atoms with Crippen LogP contribution in [0.4, 0.5) is 5.69 Å². The Morgan fingerprint density at radius 3 is 2.48 bits per heavy atom. The van der Waals surface area contributed by atoms with Crippen molar-refractivity contribution in [2.45, 2.75) is 19.8 Å². The lowest BCUT2D eigenvalue weighted by molar-refractivity contribution is -0.384. The summed E-state index contributed by atoms with van der Waals surface area (Å²) in [5.74, 6) is 0.0601. The third-order valence-corrected chi connectivity index (χ3v) is 4.04. The number of aliphatic imine (C=N–C) groups is 1. The van der Waals surface area contributed by atoms with Gasteiger partial charge < -0.3 is 4.74 Å². The first-order valence-electron chi connectivity index (χ1n) is 8.47. The van der Waals surface area contributed by atoms with Crippen molar-refractivity contribution in [2.24, 2.45) is 4.99 Å². The summed E-state index contributed by atoms with van der Waals surface area (Å²) in [5.41, 5.74) is 2.90. The van der Waals surface area contributed by atoms with Crippen molar-refractivity contribution in [2.75, 3.05) is 0 Å². The molecule has 0 saturated carbocycles. The number of rotatable bonds is 5. The van der Waals surface area contributed by atoms with Crippen molar-refractivity contribution >= 4 is 29.7 Å². The molecule has 27 heavy (non-hydrogen) atoms. The van der Waals surface area contributed by atoms with Crippen LogP contribution in [-0.2, 0) is 9.53 Å². The number of cyclic esters (lactones) is 1. The molecular formula is C21H18N2O4. The van der Waals surface area contributed by atoms with E-state index in [-0.39, 0.29) is 17.3 Å². The predicted molar refractivity (Wildman–Crippen MR) is 104 cm³/mol. The second-order valence-electron chi connectivity index (χ2n) is 6.38. The number of nitrogens with zero attached hydrogens (tertiary/aromatic N) is 2. The molecule has 2 aromatic carbocycles. The fourth-order valence-corrected chi connectivity index (χ4v) is 2.54. The first kappa shape index (κ1) is 18.3. The molecule has 2 aromatic rings. The van der Waals surface area contributed by atoms with Crippen LogP contribution in [0.2, 0.25) is 0 Å². The quantitative estimate of drug-likeness (QED) is 0.333. The van der Waals surface area contributed by atoms with Gasteiger partial charge in [0.25, 0.3) is 5.69 Å². The minimum atomic E-state index is -0.526. The lowest BCUT2D eigenvalue weighted by atomic mass is 10.0. The molecule has 0 unspecified atom stereocenters. The van der Waals surface area contributed by atoms with Gasteiger partial charge in [0.15, 0.2) is 5.70 Å². The highest BCUT2D eigenvalue weighted by molar-refractivity contribution is 6.11. The summed E-state index contributed by atoms with van der Waals surface area (Å²) in [6, 6.07) is 14.1. The number of ether oxygens (including phenoxy) is 1. The summed E-state index contributed by atoms with van der Waals surface area (Å²) in [5, 5.41) is 10.8. The van der Waals surface area contributed by atoms with E-state index in [1.54, 1.807) is 24.3 Å². The Hall–Kier alpha value is -3.54. The SMILES string of the molecule is CC(C)c1ccc(C=C2N=C(C=Cc3cccc([N+](=O)[O-])c3)OC2=O)cc1. The molecule has 0 N–H and O–H groups in total. The maximum absolute atomic E-state index is 12.0. The van der Waals surface area contributed by atoms with E-state index in [0.717, 1.165) is 5.56 Å². The van der Waals surface area contributed by atoms with Crippen molar-refractivity contribution in [3.05, 3.63) is 87.1 Å². The third kappa shape index (κ3) is 4.55. The summed E-state index contributed by atoms with van der Waals surface area (Å²) >= 11 is 0. The van der Waals surface area contributed by atoms with E-state index >= 15 is 0 Å². The minimum absolute atomic E-state index is 0.00654. The second kappa shape index (κ2) is 7.78. The van der Waals surface area contributed by atoms with Crippen molar-refractivity contribution in [1.82, 2.24) is 0 Å². The molecule has 0 aliphatic carbocycles. The van der Waals surface area contributed by atoms with Crippen molar-refractivity contribution < 1.29 is 14.5 Å². The zero-order valence-corrected chi connectivity index (χ0v) is 15.0. The lowest BCUT2D eigenvalue weighted by Crippen LogP contribution is -2.01. The van der Waals surface area contributed by atoms with Crippen LogP contribution in [0.15, 0.2) is 65.3 Å². The molecule has 0 spiro atoms. The molecule has 136 valence electrons. The number of non-ortho nitro benzene ring substituents is 1. The molecule has 0 saturated heterocycles. The average Bonchev–Trinajstić information content (AvgIpc) is 3.00. The van der Waals surface area contributed by atoms with E-state index in [1.165, 1.54) is 23.8 Å². The maximum Gasteiger partial charge on any atom is 0.363 e. The van der Waals surface area contributed by atoms with Gasteiger partial charge in [-0.3, -0.25) is 10.1 Å². The van der Waals surface area contributed by atoms with E-state index in [1.807, 2.05) is 24.3 Å². The van der Waals surface area contributed by atoms with Gasteiger partial charge in [-0.05, 0) is 34.8 Å². The third-order valence-electron chi connectivity index (χ3n) is 4.04. The summed E-state index contributed by atoms with van der Waals surface area (Å²) in [6.45, 7) is 4.23. The van der Waals surface area contributed by atoms with Crippen LogP contribution in [0.25, 0.3) is 12.2 Å². The molecule has 0 bridgehead atoms. The fourth-order valence-electron chi connectivity index (χ4n) is 2.54. The molecule has 1 heterocycles. The molecule has 0 radical (unpaired) electrons. The monoisotopic (exact) mass is 362 g/mol. The van der Waals surface area contributed by atoms with Crippen LogP contribution >= 0.6 is 0 Å². The number of carbonyl (C=O) groups is 1. The van der Waals surface area contributed by atoms with E-state index in [0.29, 0.717) is 11.5 Å². The van der Waals surface area contributed by atoms with E-state index in [9.17, 15) is 14.9 Å². The highest BCUT2D eigenvalue weighted by Crippen LogP contribution is 2.20. The van der Waals surface area contributed by atoms with Gasteiger partial charge in [0.1, 0.15) is 0 Å². The largest absolute Gasteiger partial charge is 0.403 e. The average molecular weight is 362 g/mol. The Morgan fingerprint density at radius 1 is 1.07 bits per heavy atom. The fraction of sp³-hybridized carbons (Fsp3) is 0.143. The van der Waals surface area contributed by atoms with Gasteiger partial charge in [-0.1, -0.05) is 50.2 Å². The molecular weight excluding hydrogens is 344 g/mol. The number of benzene rings is 2. The van der Waals surface area contributed by atoms with Crippen LogP contribution in [0.1, 0.15) is 36.5 Å². The Kier molecular flexibility index (Phi) is 5.26. The van der Waals surface area contributed by atoms with Crippen LogP contribution in [0.5, 0.6) is 0 Å². The zero-order chi connectivity index (χ0) is 19.4. The first-order chi connectivity index (χ1) is 12.9.